The molecule has 6 heteroatoms. The zero-order valence-electron chi connectivity index (χ0n) is 14.2. The highest BCUT2D eigenvalue weighted by Crippen LogP contribution is 2.28. The fraction of sp³-hybridized carbons (Fsp3) is 0.556. The average Bonchev–Trinajstić information content (AvgIpc) is 2.80. The van der Waals surface area contributed by atoms with Crippen molar-refractivity contribution in [3.8, 4) is 0 Å². The Labute approximate surface area is 149 Å². The predicted octanol–water partition coefficient (Wildman–Crippen LogP) is 3.01. The zero-order valence-corrected chi connectivity index (χ0v) is 15.0. The number of anilines is 1. The minimum Gasteiger partial charge on any atom is -0.467 e. The van der Waals surface area contributed by atoms with Crippen LogP contribution in [0.25, 0.3) is 0 Å². The summed E-state index contributed by atoms with van der Waals surface area (Å²) in [4.78, 5) is 24.6. The van der Waals surface area contributed by atoms with Crippen LogP contribution >= 0.6 is 12.4 Å². The molecule has 1 aromatic rings. The van der Waals surface area contributed by atoms with Gasteiger partial charge in [0.1, 0.15) is 5.54 Å². The average molecular weight is 355 g/mol. The third-order valence-electron chi connectivity index (χ3n) is 4.59. The Morgan fingerprint density at radius 2 is 1.79 bits per heavy atom. The Bertz CT molecular complexity index is 555. The summed E-state index contributed by atoms with van der Waals surface area (Å²) in [7, 11) is 1.38. The highest BCUT2D eigenvalue weighted by molar-refractivity contribution is 5.88. The van der Waals surface area contributed by atoms with E-state index in [2.05, 4.69) is 5.32 Å². The van der Waals surface area contributed by atoms with Crippen molar-refractivity contribution in [2.45, 2.75) is 56.9 Å². The van der Waals surface area contributed by atoms with Gasteiger partial charge in [-0.3, -0.25) is 4.79 Å². The first-order chi connectivity index (χ1) is 11.1. The monoisotopic (exact) mass is 354 g/mol. The van der Waals surface area contributed by atoms with Crippen LogP contribution < -0.4 is 11.1 Å². The van der Waals surface area contributed by atoms with Crippen LogP contribution in [0.2, 0.25) is 0 Å². The number of hydrogen-bond acceptors (Lipinski definition) is 4. The SMILES string of the molecule is COC(=O)C1(NC(=O)CCc2ccccc2N)CCCCCC1.Cl. The summed E-state index contributed by atoms with van der Waals surface area (Å²) in [5, 5.41) is 2.96. The van der Waals surface area contributed by atoms with Crippen LogP contribution in [0.4, 0.5) is 5.69 Å². The van der Waals surface area contributed by atoms with Gasteiger partial charge in [0.15, 0.2) is 0 Å². The normalized spacial score (nSPS) is 16.4. The molecule has 0 aliphatic heterocycles. The van der Waals surface area contributed by atoms with Crippen molar-refractivity contribution in [3.05, 3.63) is 29.8 Å². The molecule has 0 atom stereocenters. The summed E-state index contributed by atoms with van der Waals surface area (Å²) >= 11 is 0. The highest BCUT2D eigenvalue weighted by atomic mass is 35.5. The molecule has 0 bridgehead atoms. The predicted molar refractivity (Wildman–Crippen MR) is 97.0 cm³/mol. The molecule has 1 aromatic carbocycles. The first-order valence-corrected chi connectivity index (χ1v) is 8.30. The summed E-state index contributed by atoms with van der Waals surface area (Å²) in [5.41, 5.74) is 6.69. The maximum atomic E-state index is 12.4. The van der Waals surface area contributed by atoms with Gasteiger partial charge in [0.25, 0.3) is 0 Å². The number of para-hydroxylation sites is 1. The standard InChI is InChI=1S/C18H26N2O3.ClH/c1-23-17(22)18(12-6-2-3-7-13-18)20-16(21)11-10-14-8-4-5-9-15(14)19;/h4-5,8-9H,2-3,6-7,10-13,19H2,1H3,(H,20,21);1H. The van der Waals surface area contributed by atoms with Gasteiger partial charge in [-0.25, -0.2) is 4.79 Å². The van der Waals surface area contributed by atoms with E-state index < -0.39 is 5.54 Å². The molecule has 2 rings (SSSR count). The zero-order chi connectivity index (χ0) is 16.7. The Kier molecular flexibility index (Phi) is 8.05. The number of carbonyl (C=O) groups is 2. The maximum absolute atomic E-state index is 12.4. The molecular formula is C18H27ClN2O3. The van der Waals surface area contributed by atoms with Crippen molar-refractivity contribution in [2.75, 3.05) is 12.8 Å². The van der Waals surface area contributed by atoms with Gasteiger partial charge >= 0.3 is 5.97 Å². The van der Waals surface area contributed by atoms with E-state index in [-0.39, 0.29) is 24.3 Å². The molecule has 1 fully saturated rings. The van der Waals surface area contributed by atoms with E-state index in [9.17, 15) is 9.59 Å². The van der Waals surface area contributed by atoms with Crippen molar-refractivity contribution in [1.82, 2.24) is 5.32 Å². The number of nitrogen functional groups attached to an aromatic ring is 1. The second kappa shape index (κ2) is 9.52. The lowest BCUT2D eigenvalue weighted by atomic mass is 9.89. The number of aryl methyl sites for hydroxylation is 1. The van der Waals surface area contributed by atoms with Gasteiger partial charge in [-0.05, 0) is 30.9 Å². The molecular weight excluding hydrogens is 328 g/mol. The molecule has 0 unspecified atom stereocenters. The maximum Gasteiger partial charge on any atom is 0.331 e. The molecule has 0 aromatic heterocycles. The van der Waals surface area contributed by atoms with Crippen LogP contribution in [-0.2, 0) is 20.7 Å². The Balaban J connectivity index is 0.00000288. The Morgan fingerprint density at radius 1 is 1.17 bits per heavy atom. The molecule has 1 saturated carbocycles. The summed E-state index contributed by atoms with van der Waals surface area (Å²) in [6.07, 6.45) is 6.23. The lowest BCUT2D eigenvalue weighted by Gasteiger charge is -2.31. The number of carbonyl (C=O) groups excluding carboxylic acids is 2. The van der Waals surface area contributed by atoms with Crippen LogP contribution in [0.1, 0.15) is 50.5 Å². The number of nitrogens with two attached hydrogens (primary N) is 1. The number of halogens is 1. The van der Waals surface area contributed by atoms with Gasteiger partial charge in [-0.2, -0.15) is 0 Å². The molecule has 1 aliphatic rings. The number of benzene rings is 1. The van der Waals surface area contributed by atoms with E-state index in [4.69, 9.17) is 10.5 Å². The van der Waals surface area contributed by atoms with Crippen molar-refractivity contribution in [1.29, 1.82) is 0 Å². The van der Waals surface area contributed by atoms with Gasteiger partial charge in [-0.15, -0.1) is 12.4 Å². The summed E-state index contributed by atoms with van der Waals surface area (Å²) in [6.45, 7) is 0. The lowest BCUT2D eigenvalue weighted by Crippen LogP contribution is -2.54. The molecule has 134 valence electrons. The lowest BCUT2D eigenvalue weighted by molar-refractivity contribution is -0.151. The van der Waals surface area contributed by atoms with Crippen molar-refractivity contribution < 1.29 is 14.3 Å². The van der Waals surface area contributed by atoms with Gasteiger partial charge in [-0.1, -0.05) is 43.9 Å². The van der Waals surface area contributed by atoms with Gasteiger partial charge in [0.05, 0.1) is 7.11 Å². The van der Waals surface area contributed by atoms with Crippen molar-refractivity contribution in [3.63, 3.8) is 0 Å². The van der Waals surface area contributed by atoms with Crippen molar-refractivity contribution in [2.24, 2.45) is 0 Å². The quantitative estimate of drug-likeness (QED) is 0.484. The summed E-state index contributed by atoms with van der Waals surface area (Å²) in [6, 6.07) is 7.53. The molecule has 1 amide bonds. The second-order valence-corrected chi connectivity index (χ2v) is 6.23. The number of ether oxygens (including phenoxy) is 1. The summed E-state index contributed by atoms with van der Waals surface area (Å²) < 4.78 is 4.96. The smallest absolute Gasteiger partial charge is 0.331 e. The molecule has 0 radical (unpaired) electrons. The number of amides is 1. The third-order valence-corrected chi connectivity index (χ3v) is 4.59. The number of nitrogens with one attached hydrogen (secondary N) is 1. The molecule has 0 heterocycles. The number of hydrogen-bond donors (Lipinski definition) is 2. The Morgan fingerprint density at radius 3 is 2.38 bits per heavy atom. The molecule has 0 spiro atoms. The minimum atomic E-state index is -0.857. The van der Waals surface area contributed by atoms with Crippen LogP contribution in [0.5, 0.6) is 0 Å². The second-order valence-electron chi connectivity index (χ2n) is 6.23. The van der Waals surface area contributed by atoms with Crippen LogP contribution in [0.3, 0.4) is 0 Å². The molecule has 24 heavy (non-hydrogen) atoms. The number of esters is 1. The van der Waals surface area contributed by atoms with Crippen LogP contribution in [0.15, 0.2) is 24.3 Å². The summed E-state index contributed by atoms with van der Waals surface area (Å²) in [5.74, 6) is -0.451. The van der Waals surface area contributed by atoms with E-state index in [0.29, 0.717) is 31.4 Å². The van der Waals surface area contributed by atoms with E-state index in [1.54, 1.807) is 0 Å². The third kappa shape index (κ3) is 5.13. The minimum absolute atomic E-state index is 0. The van der Waals surface area contributed by atoms with E-state index in [1.807, 2.05) is 24.3 Å². The van der Waals surface area contributed by atoms with Gasteiger partial charge in [0.2, 0.25) is 5.91 Å². The molecule has 5 nitrogen and oxygen atoms in total. The van der Waals surface area contributed by atoms with Crippen LogP contribution in [0, 0.1) is 0 Å². The van der Waals surface area contributed by atoms with E-state index >= 15 is 0 Å². The first kappa shape index (κ1) is 20.3. The van der Waals surface area contributed by atoms with E-state index in [0.717, 1.165) is 31.2 Å². The topological polar surface area (TPSA) is 81.4 Å². The number of methoxy groups -OCH3 is 1. The molecule has 3 N–H and O–H groups in total. The largest absolute Gasteiger partial charge is 0.467 e. The Hall–Kier alpha value is -1.75. The highest BCUT2D eigenvalue weighted by Gasteiger charge is 2.40. The fourth-order valence-corrected chi connectivity index (χ4v) is 3.25. The number of rotatable bonds is 5. The fourth-order valence-electron chi connectivity index (χ4n) is 3.25. The van der Waals surface area contributed by atoms with Gasteiger partial charge < -0.3 is 15.8 Å². The molecule has 0 saturated heterocycles. The first-order valence-electron chi connectivity index (χ1n) is 8.30. The van der Waals surface area contributed by atoms with Crippen molar-refractivity contribution >= 4 is 30.0 Å². The van der Waals surface area contributed by atoms with Gasteiger partial charge in [0, 0.05) is 12.1 Å². The van der Waals surface area contributed by atoms with Crippen LogP contribution in [-0.4, -0.2) is 24.5 Å². The molecule has 1 aliphatic carbocycles. The van der Waals surface area contributed by atoms with E-state index in [1.165, 1.54) is 7.11 Å².